The van der Waals surface area contributed by atoms with Crippen LogP contribution in [0.15, 0.2) is 0 Å². The number of rotatable bonds is 6. The van der Waals surface area contributed by atoms with Gasteiger partial charge in [0.1, 0.15) is 0 Å². The molecule has 0 saturated carbocycles. The summed E-state index contributed by atoms with van der Waals surface area (Å²) in [5.74, 6) is 2.43. The molecule has 2 nitrogen and oxygen atoms in total. The first-order valence-electron chi connectivity index (χ1n) is 3.80. The average Bonchev–Trinajstić information content (AvgIpc) is 1.99. The van der Waals surface area contributed by atoms with Crippen molar-refractivity contribution in [2.24, 2.45) is 5.73 Å². The van der Waals surface area contributed by atoms with Crippen LogP contribution in [0.4, 0.5) is 0 Å². The van der Waals surface area contributed by atoms with Crippen LogP contribution in [0.3, 0.4) is 0 Å². The molecule has 0 aromatic heterocycles. The van der Waals surface area contributed by atoms with Crippen molar-refractivity contribution in [2.45, 2.75) is 19.4 Å². The van der Waals surface area contributed by atoms with Gasteiger partial charge in [-0.15, -0.1) is 0 Å². The molecule has 3 heteroatoms. The minimum absolute atomic E-state index is 0.513. The van der Waals surface area contributed by atoms with Gasteiger partial charge in [-0.2, -0.15) is 11.8 Å². The Labute approximate surface area is 67.9 Å². The second kappa shape index (κ2) is 7.38. The van der Waals surface area contributed by atoms with Gasteiger partial charge in [0.25, 0.3) is 0 Å². The summed E-state index contributed by atoms with van der Waals surface area (Å²) in [6.07, 6.45) is 1.19. The van der Waals surface area contributed by atoms with E-state index in [0.29, 0.717) is 6.04 Å². The molecule has 0 radical (unpaired) electrons. The van der Waals surface area contributed by atoms with Crippen molar-refractivity contribution in [2.75, 3.05) is 25.1 Å². The Morgan fingerprint density at radius 3 is 2.70 bits per heavy atom. The predicted octanol–water partition coefficient (Wildman–Crippen LogP) is 0.676. The van der Waals surface area contributed by atoms with Gasteiger partial charge in [-0.05, 0) is 25.0 Å². The number of nitrogens with two attached hydrogens (primary N) is 1. The molecule has 0 aliphatic rings. The zero-order valence-corrected chi connectivity index (χ0v) is 7.71. The van der Waals surface area contributed by atoms with Crippen LogP contribution in [-0.4, -0.2) is 31.1 Å². The van der Waals surface area contributed by atoms with Gasteiger partial charge >= 0.3 is 0 Å². The molecule has 0 aliphatic carbocycles. The quantitative estimate of drug-likeness (QED) is 0.564. The van der Waals surface area contributed by atoms with Gasteiger partial charge in [-0.25, -0.2) is 0 Å². The van der Waals surface area contributed by atoms with Crippen LogP contribution >= 0.6 is 11.8 Å². The van der Waals surface area contributed by atoms with Gasteiger partial charge in [0.05, 0.1) is 0 Å². The Morgan fingerprint density at radius 2 is 2.30 bits per heavy atom. The Hall–Kier alpha value is 0.270. The molecule has 3 N–H and O–H groups in total. The molecule has 0 aliphatic heterocycles. The first-order valence-corrected chi connectivity index (χ1v) is 4.95. The SMILES string of the molecule is CCSCCC(CN)NC. The van der Waals surface area contributed by atoms with Crippen LogP contribution in [-0.2, 0) is 0 Å². The second-order valence-electron chi connectivity index (χ2n) is 2.21. The third-order valence-corrected chi connectivity index (χ3v) is 2.44. The van der Waals surface area contributed by atoms with Gasteiger partial charge in [0.15, 0.2) is 0 Å². The summed E-state index contributed by atoms with van der Waals surface area (Å²) in [5, 5.41) is 3.17. The summed E-state index contributed by atoms with van der Waals surface area (Å²) < 4.78 is 0. The summed E-state index contributed by atoms with van der Waals surface area (Å²) >= 11 is 1.97. The van der Waals surface area contributed by atoms with Crippen molar-refractivity contribution < 1.29 is 0 Å². The van der Waals surface area contributed by atoms with E-state index < -0.39 is 0 Å². The highest BCUT2D eigenvalue weighted by Crippen LogP contribution is 2.02. The van der Waals surface area contributed by atoms with Crippen LogP contribution in [0.5, 0.6) is 0 Å². The monoisotopic (exact) mass is 162 g/mol. The van der Waals surface area contributed by atoms with Crippen LogP contribution in [0.25, 0.3) is 0 Å². The van der Waals surface area contributed by atoms with Gasteiger partial charge in [-0.3, -0.25) is 0 Å². The lowest BCUT2D eigenvalue weighted by Gasteiger charge is -2.11. The molecule has 0 aromatic carbocycles. The van der Waals surface area contributed by atoms with Gasteiger partial charge in [0.2, 0.25) is 0 Å². The lowest BCUT2D eigenvalue weighted by molar-refractivity contribution is 0.559. The molecule has 62 valence electrons. The summed E-state index contributed by atoms with van der Waals surface area (Å²) in [5.41, 5.74) is 5.49. The van der Waals surface area contributed by atoms with Crippen LogP contribution in [0.1, 0.15) is 13.3 Å². The molecule has 0 rings (SSSR count). The summed E-state index contributed by atoms with van der Waals surface area (Å²) in [4.78, 5) is 0. The zero-order chi connectivity index (χ0) is 7.82. The van der Waals surface area contributed by atoms with Crippen molar-refractivity contribution in [3.05, 3.63) is 0 Å². The summed E-state index contributed by atoms with van der Waals surface area (Å²) in [6.45, 7) is 2.93. The number of thioether (sulfide) groups is 1. The fourth-order valence-corrected chi connectivity index (χ4v) is 1.49. The number of likely N-dealkylation sites (N-methyl/N-ethyl adjacent to an activating group) is 1. The molecule has 0 heterocycles. The van der Waals surface area contributed by atoms with Crippen LogP contribution in [0, 0.1) is 0 Å². The van der Waals surface area contributed by atoms with Gasteiger partial charge < -0.3 is 11.1 Å². The highest BCUT2D eigenvalue weighted by molar-refractivity contribution is 7.99. The summed E-state index contributed by atoms with van der Waals surface area (Å²) in [6, 6.07) is 0.513. The third kappa shape index (κ3) is 5.09. The van der Waals surface area contributed by atoms with Gasteiger partial charge in [0, 0.05) is 12.6 Å². The Morgan fingerprint density at radius 1 is 1.60 bits per heavy atom. The van der Waals surface area contributed by atoms with Crippen molar-refractivity contribution in [1.82, 2.24) is 5.32 Å². The maximum absolute atomic E-state index is 5.49. The molecule has 0 amide bonds. The first kappa shape index (κ1) is 10.3. The molecule has 0 aromatic rings. The van der Waals surface area contributed by atoms with E-state index in [2.05, 4.69) is 12.2 Å². The smallest absolute Gasteiger partial charge is 0.0195 e. The van der Waals surface area contributed by atoms with Crippen molar-refractivity contribution in [3.63, 3.8) is 0 Å². The molecular formula is C7H18N2S. The van der Waals surface area contributed by atoms with E-state index in [1.165, 1.54) is 17.9 Å². The van der Waals surface area contributed by atoms with Gasteiger partial charge in [-0.1, -0.05) is 6.92 Å². The van der Waals surface area contributed by atoms with Crippen molar-refractivity contribution >= 4 is 11.8 Å². The Kier molecular flexibility index (Phi) is 7.58. The minimum atomic E-state index is 0.513. The minimum Gasteiger partial charge on any atom is -0.329 e. The topological polar surface area (TPSA) is 38.0 Å². The maximum Gasteiger partial charge on any atom is 0.0195 e. The van der Waals surface area contributed by atoms with E-state index in [4.69, 9.17) is 5.73 Å². The Bertz CT molecular complexity index is 64.6. The normalized spacial score (nSPS) is 13.5. The molecule has 1 atom stereocenters. The largest absolute Gasteiger partial charge is 0.329 e. The standard InChI is InChI=1S/C7H18N2S/c1-3-10-5-4-7(6-8)9-2/h7,9H,3-6,8H2,1-2H3. The molecule has 1 unspecified atom stereocenters. The fraction of sp³-hybridized carbons (Fsp3) is 1.00. The van der Waals surface area contributed by atoms with E-state index >= 15 is 0 Å². The van der Waals surface area contributed by atoms with E-state index in [0.717, 1.165) is 6.54 Å². The molecule has 0 fully saturated rings. The second-order valence-corrected chi connectivity index (χ2v) is 3.60. The van der Waals surface area contributed by atoms with Crippen LogP contribution in [0.2, 0.25) is 0 Å². The van der Waals surface area contributed by atoms with E-state index in [1.54, 1.807) is 0 Å². The van der Waals surface area contributed by atoms with Crippen LogP contribution < -0.4 is 11.1 Å². The number of nitrogens with one attached hydrogen (secondary N) is 1. The number of hydrogen-bond donors (Lipinski definition) is 2. The van der Waals surface area contributed by atoms with E-state index in [9.17, 15) is 0 Å². The Balaban J connectivity index is 3.09. The van der Waals surface area contributed by atoms with E-state index in [-0.39, 0.29) is 0 Å². The third-order valence-electron chi connectivity index (χ3n) is 1.51. The molecular weight excluding hydrogens is 144 g/mol. The molecule has 0 spiro atoms. The predicted molar refractivity (Wildman–Crippen MR) is 49.5 cm³/mol. The average molecular weight is 162 g/mol. The lowest BCUT2D eigenvalue weighted by Crippen LogP contribution is -2.33. The van der Waals surface area contributed by atoms with Crippen molar-refractivity contribution in [1.29, 1.82) is 0 Å². The molecule has 0 saturated heterocycles. The fourth-order valence-electron chi connectivity index (χ4n) is 0.750. The molecule has 0 bridgehead atoms. The zero-order valence-electron chi connectivity index (χ0n) is 6.89. The number of hydrogen-bond acceptors (Lipinski definition) is 3. The lowest BCUT2D eigenvalue weighted by atomic mass is 10.2. The van der Waals surface area contributed by atoms with Crippen molar-refractivity contribution in [3.8, 4) is 0 Å². The highest BCUT2D eigenvalue weighted by Gasteiger charge is 2.00. The maximum atomic E-state index is 5.49. The molecule has 10 heavy (non-hydrogen) atoms. The first-order chi connectivity index (χ1) is 4.85. The van der Waals surface area contributed by atoms with E-state index in [1.807, 2.05) is 18.8 Å². The highest BCUT2D eigenvalue weighted by atomic mass is 32.2. The summed E-state index contributed by atoms with van der Waals surface area (Å²) in [7, 11) is 1.97.